The Labute approximate surface area is 165 Å². The summed E-state index contributed by atoms with van der Waals surface area (Å²) in [5.74, 6) is 0.855. The third kappa shape index (κ3) is 6.23. The normalized spacial score (nSPS) is 18.4. The summed E-state index contributed by atoms with van der Waals surface area (Å²) in [6.07, 6.45) is 4.67. The first kappa shape index (κ1) is 21.2. The molecule has 0 saturated carbocycles. The molecule has 1 saturated heterocycles. The van der Waals surface area contributed by atoms with Crippen molar-refractivity contribution in [3.63, 3.8) is 0 Å². The van der Waals surface area contributed by atoms with Gasteiger partial charge in [0.15, 0.2) is 6.29 Å². The van der Waals surface area contributed by atoms with Gasteiger partial charge >= 0.3 is 0 Å². The lowest BCUT2D eigenvalue weighted by Crippen LogP contribution is -2.35. The number of methoxy groups -OCH3 is 1. The monoisotopic (exact) mass is 427 g/mol. The second kappa shape index (κ2) is 10.9. The summed E-state index contributed by atoms with van der Waals surface area (Å²) in [4.78, 5) is 6.71. The molecular formula is C19H30BrN3O3. The summed E-state index contributed by atoms with van der Waals surface area (Å²) in [5, 5.41) is 3.25. The minimum absolute atomic E-state index is 0.148. The highest BCUT2D eigenvalue weighted by molar-refractivity contribution is 9.10. The number of rotatable bonds is 10. The van der Waals surface area contributed by atoms with E-state index in [4.69, 9.17) is 14.2 Å². The number of nitrogens with one attached hydrogen (secondary N) is 1. The Morgan fingerprint density at radius 3 is 3.00 bits per heavy atom. The van der Waals surface area contributed by atoms with Crippen LogP contribution < -0.4 is 10.2 Å². The highest BCUT2D eigenvalue weighted by atomic mass is 79.9. The van der Waals surface area contributed by atoms with E-state index in [-0.39, 0.29) is 12.4 Å². The second-order valence-corrected chi connectivity index (χ2v) is 7.35. The number of hydrogen-bond acceptors (Lipinski definition) is 6. The maximum atomic E-state index is 6.18. The molecule has 146 valence electrons. The van der Waals surface area contributed by atoms with E-state index in [1.807, 2.05) is 19.9 Å². The number of aromatic nitrogens is 1. The van der Waals surface area contributed by atoms with E-state index in [0.717, 1.165) is 60.5 Å². The first-order valence-corrected chi connectivity index (χ1v) is 9.87. The molecule has 0 radical (unpaired) electrons. The van der Waals surface area contributed by atoms with E-state index in [0.29, 0.717) is 6.73 Å². The largest absolute Gasteiger partial charge is 0.387 e. The molecule has 6 nitrogen and oxygen atoms in total. The van der Waals surface area contributed by atoms with Gasteiger partial charge in [0.1, 0.15) is 12.5 Å². The van der Waals surface area contributed by atoms with E-state index in [1.165, 1.54) is 0 Å². The summed E-state index contributed by atoms with van der Waals surface area (Å²) >= 11 is 3.67. The maximum absolute atomic E-state index is 6.18. The van der Waals surface area contributed by atoms with Crippen molar-refractivity contribution in [3.8, 4) is 0 Å². The average Bonchev–Trinajstić information content (AvgIpc) is 2.61. The van der Waals surface area contributed by atoms with Crippen molar-refractivity contribution in [1.29, 1.82) is 0 Å². The van der Waals surface area contributed by atoms with Crippen LogP contribution in [-0.4, -0.2) is 44.8 Å². The minimum Gasteiger partial charge on any atom is -0.387 e. The number of allylic oxidation sites excluding steroid dienone is 1. The molecule has 1 aliphatic heterocycles. The van der Waals surface area contributed by atoms with Crippen molar-refractivity contribution >= 4 is 21.7 Å². The Bertz CT molecular complexity index is 579. The van der Waals surface area contributed by atoms with Crippen molar-refractivity contribution in [2.75, 3.05) is 38.4 Å². The van der Waals surface area contributed by atoms with Crippen LogP contribution in [0.2, 0.25) is 0 Å². The lowest BCUT2D eigenvalue weighted by atomic mass is 10.1. The molecule has 1 fully saturated rings. The van der Waals surface area contributed by atoms with Crippen molar-refractivity contribution in [3.05, 3.63) is 34.6 Å². The molecule has 0 spiro atoms. The molecule has 2 rings (SSSR count). The fraction of sp³-hybridized carbons (Fsp3) is 0.632. The Balaban J connectivity index is 2.17. The third-order valence-electron chi connectivity index (χ3n) is 4.21. The topological polar surface area (TPSA) is 55.9 Å². The number of nitrogens with zero attached hydrogens (tertiary/aromatic N) is 2. The van der Waals surface area contributed by atoms with Crippen LogP contribution in [0.3, 0.4) is 0 Å². The average molecular weight is 428 g/mol. The number of pyridine rings is 1. The van der Waals surface area contributed by atoms with Crippen LogP contribution in [0, 0.1) is 0 Å². The molecule has 1 aliphatic rings. The van der Waals surface area contributed by atoms with Gasteiger partial charge in [0.2, 0.25) is 0 Å². The van der Waals surface area contributed by atoms with Crippen LogP contribution in [0.1, 0.15) is 44.8 Å². The highest BCUT2D eigenvalue weighted by Gasteiger charge is 2.24. The highest BCUT2D eigenvalue weighted by Crippen LogP contribution is 2.34. The Kier molecular flexibility index (Phi) is 8.84. The fourth-order valence-corrected chi connectivity index (χ4v) is 3.59. The van der Waals surface area contributed by atoms with Gasteiger partial charge in [-0.15, -0.1) is 0 Å². The molecule has 0 amide bonds. The van der Waals surface area contributed by atoms with Crippen LogP contribution in [0.5, 0.6) is 0 Å². The van der Waals surface area contributed by atoms with E-state index < -0.39 is 0 Å². The molecule has 1 unspecified atom stereocenters. The molecule has 0 aliphatic carbocycles. The molecule has 1 N–H and O–H groups in total. The molecule has 1 aromatic heterocycles. The molecule has 0 aromatic carbocycles. The second-order valence-electron chi connectivity index (χ2n) is 6.49. The van der Waals surface area contributed by atoms with Gasteiger partial charge in [-0.3, -0.25) is 0 Å². The van der Waals surface area contributed by atoms with Gasteiger partial charge in [-0.2, -0.15) is 0 Å². The summed E-state index contributed by atoms with van der Waals surface area (Å²) in [6, 6.07) is 1.94. The molecular weight excluding hydrogens is 398 g/mol. The van der Waals surface area contributed by atoms with Crippen molar-refractivity contribution < 1.29 is 14.2 Å². The van der Waals surface area contributed by atoms with Gasteiger partial charge in [-0.1, -0.05) is 22.5 Å². The lowest BCUT2D eigenvalue weighted by molar-refractivity contribution is -0.186. The summed E-state index contributed by atoms with van der Waals surface area (Å²) in [7, 11) is 1.69. The van der Waals surface area contributed by atoms with Gasteiger partial charge in [0.05, 0.1) is 6.10 Å². The Morgan fingerprint density at radius 2 is 2.35 bits per heavy atom. The fourth-order valence-electron chi connectivity index (χ4n) is 2.97. The van der Waals surface area contributed by atoms with Gasteiger partial charge in [-0.05, 0) is 39.2 Å². The van der Waals surface area contributed by atoms with Crippen LogP contribution in [0.25, 0.3) is 0 Å². The molecule has 0 bridgehead atoms. The van der Waals surface area contributed by atoms with Crippen LogP contribution >= 0.6 is 15.9 Å². The quantitative estimate of drug-likeness (QED) is 0.569. The summed E-state index contributed by atoms with van der Waals surface area (Å²) < 4.78 is 18.3. The van der Waals surface area contributed by atoms with Gasteiger partial charge in [-0.25, -0.2) is 4.98 Å². The van der Waals surface area contributed by atoms with E-state index in [9.17, 15) is 0 Å². The zero-order chi connectivity index (χ0) is 18.9. The van der Waals surface area contributed by atoms with E-state index >= 15 is 0 Å². The predicted octanol–water partition coefficient (Wildman–Crippen LogP) is 3.98. The number of halogens is 1. The third-order valence-corrected chi connectivity index (χ3v) is 4.90. The summed E-state index contributed by atoms with van der Waals surface area (Å²) in [5.41, 5.74) is 1.95. The Morgan fingerprint density at radius 1 is 1.54 bits per heavy atom. The first-order valence-electron chi connectivity index (χ1n) is 9.07. The van der Waals surface area contributed by atoms with Gasteiger partial charge < -0.3 is 24.4 Å². The first-order chi connectivity index (χ1) is 12.5. The number of hydrogen-bond donors (Lipinski definition) is 1. The molecule has 26 heavy (non-hydrogen) atoms. The van der Waals surface area contributed by atoms with Crippen molar-refractivity contribution in [1.82, 2.24) is 10.3 Å². The molecule has 7 heteroatoms. The standard InChI is InChI=1S/C19H30BrN3O3/c1-14(2)21-10-11-23(13-24-4)19-18(16(20)8-9-22-19)15(3)26-17-7-5-6-12-25-17/h8-9,15,17,21H,1,5-7,10-13H2,2-4H3/t15-,17?/m0/s1. The zero-order valence-corrected chi connectivity index (χ0v) is 17.5. The lowest BCUT2D eigenvalue weighted by Gasteiger charge is -2.30. The molecule has 2 atom stereocenters. The smallest absolute Gasteiger partial charge is 0.158 e. The van der Waals surface area contributed by atoms with Crippen LogP contribution in [0.4, 0.5) is 5.82 Å². The Hall–Kier alpha value is -1.15. The molecule has 1 aromatic rings. The van der Waals surface area contributed by atoms with E-state index in [2.05, 4.69) is 37.7 Å². The van der Waals surface area contributed by atoms with Crippen molar-refractivity contribution in [2.45, 2.75) is 45.5 Å². The predicted molar refractivity (Wildman–Crippen MR) is 107 cm³/mol. The van der Waals surface area contributed by atoms with Gasteiger partial charge in [0, 0.05) is 48.7 Å². The van der Waals surface area contributed by atoms with Crippen LogP contribution in [0.15, 0.2) is 29.0 Å². The zero-order valence-electron chi connectivity index (χ0n) is 16.0. The number of ether oxygens (including phenoxy) is 3. The van der Waals surface area contributed by atoms with Gasteiger partial charge in [0.25, 0.3) is 0 Å². The summed E-state index contributed by atoms with van der Waals surface area (Å²) in [6.45, 7) is 10.6. The van der Waals surface area contributed by atoms with E-state index in [1.54, 1.807) is 13.3 Å². The SMILES string of the molecule is C=C(C)NCCN(COC)c1nccc(Br)c1[C@H](C)OC1CCCCO1. The maximum Gasteiger partial charge on any atom is 0.158 e. The molecule has 2 heterocycles. The minimum atomic E-state index is -0.153. The van der Waals surface area contributed by atoms with Crippen LogP contribution in [-0.2, 0) is 14.2 Å². The van der Waals surface area contributed by atoms with Crippen molar-refractivity contribution in [2.24, 2.45) is 0 Å². The number of anilines is 1.